The zero-order valence-corrected chi connectivity index (χ0v) is 13.2. The Hall–Kier alpha value is -0.0800. The maximum atomic E-state index is 11.6. The Balaban J connectivity index is 2.25. The summed E-state index contributed by atoms with van der Waals surface area (Å²) in [5.41, 5.74) is 5.64. The fourth-order valence-corrected chi connectivity index (χ4v) is 4.90. The van der Waals surface area contributed by atoms with Gasteiger partial charge in [0.05, 0.1) is 5.60 Å². The van der Waals surface area contributed by atoms with Crippen molar-refractivity contribution in [3.8, 4) is 0 Å². The largest absolute Gasteiger partial charge is 0.389 e. The van der Waals surface area contributed by atoms with E-state index in [2.05, 4.69) is 20.8 Å². The van der Waals surface area contributed by atoms with E-state index in [4.69, 9.17) is 5.73 Å². The molecule has 2 saturated carbocycles. The Bertz CT molecular complexity index is 304. The molecule has 2 aliphatic carbocycles. The van der Waals surface area contributed by atoms with Gasteiger partial charge in [-0.25, -0.2) is 0 Å². The van der Waals surface area contributed by atoms with Crippen molar-refractivity contribution >= 4 is 0 Å². The fourth-order valence-electron chi connectivity index (χ4n) is 4.90. The number of aliphatic hydroxyl groups is 1. The van der Waals surface area contributed by atoms with E-state index in [-0.39, 0.29) is 10.8 Å². The van der Waals surface area contributed by atoms with E-state index in [1.54, 1.807) is 0 Å². The molecule has 3 N–H and O–H groups in total. The van der Waals surface area contributed by atoms with E-state index in [1.165, 1.54) is 32.1 Å². The number of rotatable bonds is 3. The first-order valence-electron chi connectivity index (χ1n) is 8.33. The molecule has 2 aliphatic rings. The van der Waals surface area contributed by atoms with Crippen LogP contribution in [0.4, 0.5) is 0 Å². The minimum absolute atomic E-state index is 0.0175. The highest BCUT2D eigenvalue weighted by Gasteiger charge is 2.58. The highest BCUT2D eigenvalue weighted by Crippen LogP contribution is 2.58. The number of hydrogen-bond acceptors (Lipinski definition) is 2. The van der Waals surface area contributed by atoms with E-state index in [1.807, 2.05) is 0 Å². The first kappa shape index (κ1) is 15.3. The summed E-state index contributed by atoms with van der Waals surface area (Å²) in [6.07, 6.45) is 10.6. The second kappa shape index (κ2) is 5.37. The van der Waals surface area contributed by atoms with Crippen LogP contribution in [0.3, 0.4) is 0 Å². The molecule has 0 aromatic carbocycles. The molecule has 2 nitrogen and oxygen atoms in total. The van der Waals surface area contributed by atoms with Gasteiger partial charge in [0, 0.05) is 12.0 Å². The van der Waals surface area contributed by atoms with Crippen LogP contribution >= 0.6 is 0 Å². The molecule has 2 rings (SSSR count). The van der Waals surface area contributed by atoms with E-state index >= 15 is 0 Å². The fraction of sp³-hybridized carbons (Fsp3) is 1.00. The van der Waals surface area contributed by atoms with E-state index in [9.17, 15) is 5.11 Å². The minimum Gasteiger partial charge on any atom is -0.389 e. The van der Waals surface area contributed by atoms with Crippen molar-refractivity contribution in [3.63, 3.8) is 0 Å². The molecule has 0 aromatic heterocycles. The Morgan fingerprint density at radius 3 is 2.11 bits per heavy atom. The Morgan fingerprint density at radius 1 is 1.05 bits per heavy atom. The first-order chi connectivity index (χ1) is 8.91. The van der Waals surface area contributed by atoms with Crippen LogP contribution in [0.25, 0.3) is 0 Å². The average Bonchev–Trinajstić information content (AvgIpc) is 2.42. The smallest absolute Gasteiger partial charge is 0.0766 e. The van der Waals surface area contributed by atoms with Gasteiger partial charge in [0.25, 0.3) is 0 Å². The summed E-state index contributed by atoms with van der Waals surface area (Å²) in [4.78, 5) is 0. The van der Waals surface area contributed by atoms with Crippen LogP contribution < -0.4 is 5.73 Å². The molecule has 112 valence electrons. The molecule has 0 radical (unpaired) electrons. The third kappa shape index (κ3) is 2.35. The normalized spacial score (nSPS) is 43.1. The molecule has 0 saturated heterocycles. The standard InChI is InChI=1S/C17H33NO/c1-4-14-7-11-16(13-18,12-8-14)17(19)10-6-5-9-15(17,2)3/h14,19H,4-13,18H2,1-3H3. The van der Waals surface area contributed by atoms with Gasteiger partial charge in [-0.05, 0) is 49.9 Å². The lowest BCUT2D eigenvalue weighted by molar-refractivity contribution is -0.195. The van der Waals surface area contributed by atoms with Gasteiger partial charge in [-0.2, -0.15) is 0 Å². The van der Waals surface area contributed by atoms with Crippen molar-refractivity contribution in [2.45, 2.75) is 84.2 Å². The van der Waals surface area contributed by atoms with Crippen molar-refractivity contribution in [2.24, 2.45) is 22.5 Å². The van der Waals surface area contributed by atoms with Crippen LogP contribution in [-0.4, -0.2) is 17.3 Å². The van der Waals surface area contributed by atoms with E-state index in [0.29, 0.717) is 6.54 Å². The predicted octanol–water partition coefficient (Wildman–Crippen LogP) is 3.86. The van der Waals surface area contributed by atoms with E-state index < -0.39 is 5.60 Å². The number of hydrogen-bond donors (Lipinski definition) is 2. The summed E-state index contributed by atoms with van der Waals surface area (Å²) >= 11 is 0. The topological polar surface area (TPSA) is 46.2 Å². The van der Waals surface area contributed by atoms with Crippen molar-refractivity contribution in [1.29, 1.82) is 0 Å². The van der Waals surface area contributed by atoms with Gasteiger partial charge in [-0.15, -0.1) is 0 Å². The predicted molar refractivity (Wildman–Crippen MR) is 80.9 cm³/mol. The zero-order valence-electron chi connectivity index (χ0n) is 13.2. The van der Waals surface area contributed by atoms with Crippen LogP contribution in [0, 0.1) is 16.7 Å². The molecular formula is C17H33NO. The second-order valence-corrected chi connectivity index (χ2v) is 7.79. The SMILES string of the molecule is CCC1CCC(CN)(C2(O)CCCCC2(C)C)CC1. The first-order valence-corrected chi connectivity index (χ1v) is 8.33. The van der Waals surface area contributed by atoms with Crippen molar-refractivity contribution < 1.29 is 5.11 Å². The highest BCUT2D eigenvalue weighted by atomic mass is 16.3. The molecule has 1 atom stereocenters. The molecular weight excluding hydrogens is 234 g/mol. The summed E-state index contributed by atoms with van der Waals surface area (Å²) in [7, 11) is 0. The molecule has 1 unspecified atom stereocenters. The van der Waals surface area contributed by atoms with Gasteiger partial charge in [0.15, 0.2) is 0 Å². The van der Waals surface area contributed by atoms with Gasteiger partial charge in [0.2, 0.25) is 0 Å². The Morgan fingerprint density at radius 2 is 1.63 bits per heavy atom. The summed E-state index contributed by atoms with van der Waals surface area (Å²) in [6.45, 7) is 7.47. The summed E-state index contributed by atoms with van der Waals surface area (Å²) in [5, 5.41) is 11.6. The minimum atomic E-state index is -0.550. The molecule has 0 aliphatic heterocycles. The van der Waals surface area contributed by atoms with Crippen LogP contribution in [0.2, 0.25) is 0 Å². The van der Waals surface area contributed by atoms with Crippen LogP contribution in [0.5, 0.6) is 0 Å². The second-order valence-electron chi connectivity index (χ2n) is 7.79. The Kier molecular flexibility index (Phi) is 4.32. The van der Waals surface area contributed by atoms with Crippen LogP contribution in [-0.2, 0) is 0 Å². The van der Waals surface area contributed by atoms with Gasteiger partial charge in [-0.1, -0.05) is 40.0 Å². The molecule has 0 aromatic rings. The average molecular weight is 267 g/mol. The Labute approximate surface area is 119 Å². The molecule has 2 heteroatoms. The highest BCUT2D eigenvalue weighted by molar-refractivity contribution is 5.10. The number of nitrogens with two attached hydrogens (primary N) is 1. The quantitative estimate of drug-likeness (QED) is 0.815. The van der Waals surface area contributed by atoms with E-state index in [0.717, 1.165) is 31.6 Å². The third-order valence-electron chi connectivity index (χ3n) is 6.62. The molecule has 0 heterocycles. The van der Waals surface area contributed by atoms with Crippen molar-refractivity contribution in [2.75, 3.05) is 6.54 Å². The molecule has 2 fully saturated rings. The van der Waals surface area contributed by atoms with Crippen LogP contribution in [0.1, 0.15) is 78.6 Å². The van der Waals surface area contributed by atoms with Gasteiger partial charge >= 0.3 is 0 Å². The summed E-state index contributed by atoms with van der Waals surface area (Å²) in [5.74, 6) is 0.856. The van der Waals surface area contributed by atoms with Crippen molar-refractivity contribution in [1.82, 2.24) is 0 Å². The zero-order chi connectivity index (χ0) is 14.1. The van der Waals surface area contributed by atoms with Gasteiger partial charge in [-0.3, -0.25) is 0 Å². The molecule has 19 heavy (non-hydrogen) atoms. The maximum Gasteiger partial charge on any atom is 0.0766 e. The van der Waals surface area contributed by atoms with Crippen molar-refractivity contribution in [3.05, 3.63) is 0 Å². The summed E-state index contributed by atoms with van der Waals surface area (Å²) < 4.78 is 0. The molecule has 0 amide bonds. The summed E-state index contributed by atoms with van der Waals surface area (Å²) in [6, 6.07) is 0. The molecule has 0 spiro atoms. The molecule has 0 bridgehead atoms. The monoisotopic (exact) mass is 267 g/mol. The van der Waals surface area contributed by atoms with Gasteiger partial charge < -0.3 is 10.8 Å². The lowest BCUT2D eigenvalue weighted by Gasteiger charge is -2.59. The third-order valence-corrected chi connectivity index (χ3v) is 6.62. The van der Waals surface area contributed by atoms with Crippen LogP contribution in [0.15, 0.2) is 0 Å². The maximum absolute atomic E-state index is 11.6. The van der Waals surface area contributed by atoms with Gasteiger partial charge in [0.1, 0.15) is 0 Å². The lowest BCUT2D eigenvalue weighted by Crippen LogP contribution is -2.62. The lowest BCUT2D eigenvalue weighted by atomic mass is 9.49.